The van der Waals surface area contributed by atoms with E-state index in [0.29, 0.717) is 50.0 Å². The van der Waals surface area contributed by atoms with Gasteiger partial charge in [0.05, 0.1) is 24.6 Å². The number of carbonyl (C=O) groups excluding carboxylic acids is 3. The molecule has 204 valence electrons. The molecule has 0 radical (unpaired) electrons. The highest BCUT2D eigenvalue weighted by Crippen LogP contribution is 2.40. The standard InChI is InChI=1S/C28H32FN7O3/c1-34-15-16-35(18-26(34)37)28(39)24(3-2-12-30-25-17-23(25)19-4-8-21(29)9-5-19)32-27(38)20-6-10-22(11-7-20)36-14-13-31-33-36/h4-11,13-14,23-25,30H,2-3,12,15-18H2,1H3,(H,32,38)/t23-,24-,25+/m0/s1. The number of carbonyl (C=O) groups is 3. The van der Waals surface area contributed by atoms with Crippen molar-refractivity contribution in [1.82, 2.24) is 35.4 Å². The third-order valence-electron chi connectivity index (χ3n) is 7.35. The summed E-state index contributed by atoms with van der Waals surface area (Å²) in [7, 11) is 1.72. The molecule has 2 N–H and O–H groups in total. The Morgan fingerprint density at radius 1 is 1.10 bits per heavy atom. The van der Waals surface area contributed by atoms with Crippen molar-refractivity contribution in [2.45, 2.75) is 37.3 Å². The van der Waals surface area contributed by atoms with Crippen LogP contribution in [0.4, 0.5) is 4.39 Å². The van der Waals surface area contributed by atoms with Gasteiger partial charge in [-0.2, -0.15) is 0 Å². The van der Waals surface area contributed by atoms with E-state index in [4.69, 9.17) is 0 Å². The Bertz CT molecular complexity index is 1300. The molecule has 2 fully saturated rings. The molecular weight excluding hydrogens is 501 g/mol. The number of aromatic nitrogens is 3. The molecule has 1 aliphatic heterocycles. The molecule has 1 aliphatic carbocycles. The van der Waals surface area contributed by atoms with Crippen LogP contribution >= 0.6 is 0 Å². The van der Waals surface area contributed by atoms with E-state index in [-0.39, 0.29) is 30.1 Å². The van der Waals surface area contributed by atoms with Gasteiger partial charge >= 0.3 is 0 Å². The van der Waals surface area contributed by atoms with Crippen LogP contribution in [0.5, 0.6) is 0 Å². The lowest BCUT2D eigenvalue weighted by molar-refractivity contribution is -0.145. The number of nitrogens with zero attached hydrogens (tertiary/aromatic N) is 5. The first-order chi connectivity index (χ1) is 18.9. The molecule has 3 atom stereocenters. The van der Waals surface area contributed by atoms with Crippen LogP contribution in [0.15, 0.2) is 60.9 Å². The summed E-state index contributed by atoms with van der Waals surface area (Å²) in [5.41, 5.74) is 2.30. The summed E-state index contributed by atoms with van der Waals surface area (Å²) >= 11 is 0. The summed E-state index contributed by atoms with van der Waals surface area (Å²) in [6.45, 7) is 1.58. The van der Waals surface area contributed by atoms with E-state index < -0.39 is 6.04 Å². The van der Waals surface area contributed by atoms with E-state index in [9.17, 15) is 18.8 Å². The predicted molar refractivity (Wildman–Crippen MR) is 142 cm³/mol. The van der Waals surface area contributed by atoms with Gasteiger partial charge < -0.3 is 20.4 Å². The van der Waals surface area contributed by atoms with Gasteiger partial charge in [0, 0.05) is 37.7 Å². The lowest BCUT2D eigenvalue weighted by Crippen LogP contribution is -2.56. The van der Waals surface area contributed by atoms with Crippen molar-refractivity contribution >= 4 is 17.7 Å². The van der Waals surface area contributed by atoms with Gasteiger partial charge in [-0.1, -0.05) is 17.3 Å². The van der Waals surface area contributed by atoms with Crippen LogP contribution < -0.4 is 10.6 Å². The smallest absolute Gasteiger partial charge is 0.251 e. The van der Waals surface area contributed by atoms with E-state index in [1.807, 2.05) is 12.1 Å². The Hall–Kier alpha value is -4.12. The second-order valence-corrected chi connectivity index (χ2v) is 10.1. The molecule has 2 aromatic carbocycles. The molecule has 1 aromatic heterocycles. The third kappa shape index (κ3) is 6.48. The molecule has 3 aromatic rings. The molecule has 39 heavy (non-hydrogen) atoms. The van der Waals surface area contributed by atoms with Crippen molar-refractivity contribution in [2.75, 3.05) is 33.2 Å². The van der Waals surface area contributed by atoms with Crippen LogP contribution in [0.2, 0.25) is 0 Å². The van der Waals surface area contributed by atoms with Crippen LogP contribution in [-0.2, 0) is 9.59 Å². The Labute approximate surface area is 226 Å². The van der Waals surface area contributed by atoms with Crippen molar-refractivity contribution in [2.24, 2.45) is 0 Å². The Balaban J connectivity index is 1.18. The van der Waals surface area contributed by atoms with Crippen molar-refractivity contribution in [3.05, 3.63) is 77.9 Å². The molecule has 1 saturated heterocycles. The maximum Gasteiger partial charge on any atom is 0.251 e. The Kier molecular flexibility index (Phi) is 7.97. The van der Waals surface area contributed by atoms with Gasteiger partial charge in [0.25, 0.3) is 5.91 Å². The van der Waals surface area contributed by atoms with Gasteiger partial charge in [-0.05, 0) is 67.8 Å². The fourth-order valence-electron chi connectivity index (χ4n) is 4.87. The monoisotopic (exact) mass is 533 g/mol. The van der Waals surface area contributed by atoms with Crippen molar-refractivity contribution in [3.63, 3.8) is 0 Å². The molecule has 5 rings (SSSR count). The van der Waals surface area contributed by atoms with Crippen LogP contribution in [0.1, 0.15) is 41.1 Å². The van der Waals surface area contributed by atoms with E-state index in [1.165, 1.54) is 17.0 Å². The van der Waals surface area contributed by atoms with Crippen molar-refractivity contribution in [3.8, 4) is 5.69 Å². The minimum absolute atomic E-state index is 0.00792. The topological polar surface area (TPSA) is 112 Å². The maximum absolute atomic E-state index is 13.4. The van der Waals surface area contributed by atoms with Gasteiger partial charge in [0.15, 0.2) is 0 Å². The molecule has 0 bridgehead atoms. The van der Waals surface area contributed by atoms with Gasteiger partial charge in [0.1, 0.15) is 11.9 Å². The number of halogens is 1. The summed E-state index contributed by atoms with van der Waals surface area (Å²) in [6, 6.07) is 13.0. The van der Waals surface area contributed by atoms with Crippen LogP contribution in [0, 0.1) is 5.82 Å². The summed E-state index contributed by atoms with van der Waals surface area (Å²) in [4.78, 5) is 41.8. The molecule has 3 amide bonds. The summed E-state index contributed by atoms with van der Waals surface area (Å²) in [6.07, 6.45) is 5.36. The van der Waals surface area contributed by atoms with Crippen molar-refractivity contribution < 1.29 is 18.8 Å². The lowest BCUT2D eigenvalue weighted by atomic mass is 10.1. The lowest BCUT2D eigenvalue weighted by Gasteiger charge is -2.34. The molecule has 2 heterocycles. The number of rotatable bonds is 10. The summed E-state index contributed by atoms with van der Waals surface area (Å²) in [5, 5.41) is 14.1. The predicted octanol–water partition coefficient (Wildman–Crippen LogP) is 1.73. The molecule has 2 aliphatic rings. The number of nitrogens with one attached hydrogen (secondary N) is 2. The second-order valence-electron chi connectivity index (χ2n) is 10.1. The van der Waals surface area contributed by atoms with E-state index >= 15 is 0 Å². The molecule has 0 spiro atoms. The minimum Gasteiger partial charge on any atom is -0.342 e. The van der Waals surface area contributed by atoms with E-state index in [0.717, 1.165) is 17.7 Å². The van der Waals surface area contributed by atoms with Gasteiger partial charge in [0.2, 0.25) is 11.8 Å². The van der Waals surface area contributed by atoms with Crippen LogP contribution in [-0.4, -0.2) is 87.8 Å². The summed E-state index contributed by atoms with van der Waals surface area (Å²) in [5.74, 6) is -0.606. The maximum atomic E-state index is 13.4. The first-order valence-electron chi connectivity index (χ1n) is 13.2. The highest BCUT2D eigenvalue weighted by Gasteiger charge is 2.38. The van der Waals surface area contributed by atoms with E-state index in [1.54, 1.807) is 53.3 Å². The molecule has 1 saturated carbocycles. The molecular formula is C28H32FN7O3. The first-order valence-corrected chi connectivity index (χ1v) is 13.2. The first kappa shape index (κ1) is 26.5. The normalized spacial score (nSPS) is 19.6. The summed E-state index contributed by atoms with van der Waals surface area (Å²) < 4.78 is 14.8. The Morgan fingerprint density at radius 3 is 2.56 bits per heavy atom. The van der Waals surface area contributed by atoms with Crippen LogP contribution in [0.3, 0.4) is 0 Å². The fourth-order valence-corrected chi connectivity index (χ4v) is 4.87. The zero-order valence-electron chi connectivity index (χ0n) is 21.8. The molecule has 11 heteroatoms. The number of likely N-dealkylation sites (N-methyl/N-ethyl adjacent to an activating group) is 1. The average molecular weight is 534 g/mol. The second kappa shape index (κ2) is 11.7. The van der Waals surface area contributed by atoms with E-state index in [2.05, 4.69) is 20.9 Å². The number of piperazine rings is 1. The zero-order valence-corrected chi connectivity index (χ0v) is 21.8. The fraction of sp³-hybridized carbons (Fsp3) is 0.393. The van der Waals surface area contributed by atoms with Crippen molar-refractivity contribution in [1.29, 1.82) is 0 Å². The van der Waals surface area contributed by atoms with Gasteiger partial charge in [-0.3, -0.25) is 14.4 Å². The highest BCUT2D eigenvalue weighted by molar-refractivity contribution is 5.98. The Morgan fingerprint density at radius 2 is 1.87 bits per heavy atom. The quantitative estimate of drug-likeness (QED) is 0.384. The largest absolute Gasteiger partial charge is 0.342 e. The highest BCUT2D eigenvalue weighted by atomic mass is 19.1. The number of benzene rings is 2. The third-order valence-corrected chi connectivity index (χ3v) is 7.35. The minimum atomic E-state index is -0.752. The average Bonchev–Trinajstić information content (AvgIpc) is 3.50. The number of hydrogen-bond acceptors (Lipinski definition) is 6. The molecule has 0 unspecified atom stereocenters. The number of hydrogen-bond donors (Lipinski definition) is 2. The SMILES string of the molecule is CN1CCN(C(=O)[C@H](CCCN[C@@H]2C[C@H]2c2ccc(F)cc2)NC(=O)c2ccc(-n3ccnn3)cc2)CC1=O. The van der Waals surface area contributed by atoms with Gasteiger partial charge in [-0.25, -0.2) is 9.07 Å². The molecule has 10 nitrogen and oxygen atoms in total. The number of amides is 3. The zero-order chi connectivity index (χ0) is 27.4. The van der Waals surface area contributed by atoms with Crippen LogP contribution in [0.25, 0.3) is 5.69 Å². The van der Waals surface area contributed by atoms with Gasteiger partial charge in [-0.15, -0.1) is 5.10 Å².